The minimum atomic E-state index is -2.53. The number of nitrogens with zero attached hydrogens (tertiary/aromatic N) is 3. The Morgan fingerprint density at radius 3 is 2.47 bits per heavy atom. The number of aryl methyl sites for hydroxylation is 1. The molecule has 0 aliphatic rings. The molecule has 0 bridgehead atoms. The molecule has 17 heavy (non-hydrogen) atoms. The summed E-state index contributed by atoms with van der Waals surface area (Å²) in [6.45, 7) is 3.66. The largest absolute Gasteiger partial charge is 0.263 e. The van der Waals surface area contributed by atoms with Gasteiger partial charge in [0.05, 0.1) is 22.1 Å². The second-order valence-corrected chi connectivity index (χ2v) is 4.09. The summed E-state index contributed by atoms with van der Waals surface area (Å²) in [6.07, 6.45) is -2.53. The highest BCUT2D eigenvalue weighted by Crippen LogP contribution is 2.27. The maximum atomic E-state index is 12.5. The molecule has 0 aliphatic heterocycles. The predicted molar refractivity (Wildman–Crippen MR) is 60.8 cm³/mol. The molecular weight excluding hydrogens is 248 g/mol. The molecule has 0 fully saturated rings. The Bertz CT molecular complexity index is 552. The molecule has 0 unspecified atom stereocenters. The Labute approximate surface area is 102 Å². The van der Waals surface area contributed by atoms with Crippen LogP contribution in [0, 0.1) is 13.8 Å². The highest BCUT2D eigenvalue weighted by atomic mass is 35.5. The minimum absolute atomic E-state index is 0.103. The third kappa shape index (κ3) is 2.15. The van der Waals surface area contributed by atoms with Crippen LogP contribution in [0.25, 0.3) is 5.69 Å². The molecule has 1 aromatic carbocycles. The van der Waals surface area contributed by atoms with E-state index < -0.39 is 6.43 Å². The van der Waals surface area contributed by atoms with Gasteiger partial charge in [0.2, 0.25) is 0 Å². The Morgan fingerprint density at radius 1 is 1.29 bits per heavy atom. The Balaban J connectivity index is 2.50. The van der Waals surface area contributed by atoms with E-state index in [1.165, 1.54) is 22.9 Å². The third-order valence-electron chi connectivity index (χ3n) is 2.58. The van der Waals surface area contributed by atoms with Gasteiger partial charge in [-0.05, 0) is 26.0 Å². The molecule has 6 heteroatoms. The van der Waals surface area contributed by atoms with Crippen LogP contribution >= 0.6 is 11.6 Å². The van der Waals surface area contributed by atoms with Gasteiger partial charge in [-0.25, -0.2) is 13.5 Å². The summed E-state index contributed by atoms with van der Waals surface area (Å²) in [5.74, 6) is 0. The monoisotopic (exact) mass is 257 g/mol. The van der Waals surface area contributed by atoms with Crippen LogP contribution in [0.2, 0.25) is 5.02 Å². The second-order valence-electron chi connectivity index (χ2n) is 3.68. The predicted octanol–water partition coefficient (Wildman–Crippen LogP) is 3.48. The van der Waals surface area contributed by atoms with Gasteiger partial charge in [0.25, 0.3) is 6.43 Å². The number of hydrogen-bond acceptors (Lipinski definition) is 2. The first-order valence-corrected chi connectivity index (χ1v) is 5.35. The molecule has 1 aromatic heterocycles. The van der Waals surface area contributed by atoms with Gasteiger partial charge in [0.1, 0.15) is 0 Å². The average Bonchev–Trinajstić information content (AvgIpc) is 2.60. The zero-order valence-electron chi connectivity index (χ0n) is 9.28. The van der Waals surface area contributed by atoms with Crippen molar-refractivity contribution in [2.45, 2.75) is 20.3 Å². The van der Waals surface area contributed by atoms with Crippen molar-refractivity contribution in [3.05, 3.63) is 40.2 Å². The number of benzene rings is 1. The summed E-state index contributed by atoms with van der Waals surface area (Å²) in [6, 6.07) is 4.10. The van der Waals surface area contributed by atoms with Crippen LogP contribution in [-0.2, 0) is 0 Å². The Morgan fingerprint density at radius 2 is 2.00 bits per heavy atom. The molecule has 0 amide bonds. The molecule has 0 spiro atoms. The number of halogens is 3. The minimum Gasteiger partial charge on any atom is -0.216 e. The second kappa shape index (κ2) is 4.41. The van der Waals surface area contributed by atoms with Crippen LogP contribution in [-0.4, -0.2) is 15.0 Å². The zero-order valence-corrected chi connectivity index (χ0v) is 10.0. The third-order valence-corrected chi connectivity index (χ3v) is 2.88. The van der Waals surface area contributed by atoms with E-state index in [-0.39, 0.29) is 10.6 Å². The number of alkyl halides is 2. The molecular formula is C11H10ClF2N3. The van der Waals surface area contributed by atoms with Crippen molar-refractivity contribution in [1.82, 2.24) is 15.0 Å². The van der Waals surface area contributed by atoms with Gasteiger partial charge in [0, 0.05) is 5.56 Å². The molecule has 2 rings (SSSR count). The van der Waals surface area contributed by atoms with E-state index in [9.17, 15) is 8.78 Å². The van der Waals surface area contributed by atoms with Crippen LogP contribution in [0.3, 0.4) is 0 Å². The summed E-state index contributed by atoms with van der Waals surface area (Å²) in [7, 11) is 0. The van der Waals surface area contributed by atoms with Gasteiger partial charge in [-0.15, -0.1) is 5.10 Å². The highest BCUT2D eigenvalue weighted by molar-refractivity contribution is 6.32. The first-order valence-electron chi connectivity index (χ1n) is 4.97. The average molecular weight is 258 g/mol. The van der Waals surface area contributed by atoms with Gasteiger partial charge in [-0.2, -0.15) is 0 Å². The lowest BCUT2D eigenvalue weighted by molar-refractivity contribution is 0.151. The van der Waals surface area contributed by atoms with Crippen molar-refractivity contribution in [2.75, 3.05) is 0 Å². The van der Waals surface area contributed by atoms with Crippen molar-refractivity contribution in [3.63, 3.8) is 0 Å². The van der Waals surface area contributed by atoms with Crippen molar-refractivity contribution >= 4 is 11.6 Å². The van der Waals surface area contributed by atoms with E-state index in [1.54, 1.807) is 0 Å². The van der Waals surface area contributed by atoms with Crippen LogP contribution in [0.15, 0.2) is 18.2 Å². The van der Waals surface area contributed by atoms with Crippen molar-refractivity contribution < 1.29 is 8.78 Å². The zero-order chi connectivity index (χ0) is 12.6. The molecule has 0 saturated carbocycles. The molecule has 2 aromatic rings. The molecule has 0 aliphatic carbocycles. The van der Waals surface area contributed by atoms with Gasteiger partial charge >= 0.3 is 0 Å². The van der Waals surface area contributed by atoms with Gasteiger partial charge < -0.3 is 0 Å². The molecule has 0 saturated heterocycles. The van der Waals surface area contributed by atoms with E-state index in [0.717, 1.165) is 11.4 Å². The fraction of sp³-hybridized carbons (Fsp3) is 0.273. The van der Waals surface area contributed by atoms with Crippen molar-refractivity contribution in [1.29, 1.82) is 0 Å². The normalized spacial score (nSPS) is 11.2. The van der Waals surface area contributed by atoms with E-state index >= 15 is 0 Å². The van der Waals surface area contributed by atoms with Gasteiger partial charge in [-0.1, -0.05) is 22.9 Å². The van der Waals surface area contributed by atoms with Crippen LogP contribution < -0.4 is 0 Å². The van der Waals surface area contributed by atoms with Crippen molar-refractivity contribution in [2.24, 2.45) is 0 Å². The summed E-state index contributed by atoms with van der Waals surface area (Å²) < 4.78 is 26.5. The van der Waals surface area contributed by atoms with Gasteiger partial charge in [-0.3, -0.25) is 0 Å². The maximum Gasteiger partial charge on any atom is 0.263 e. The Hall–Kier alpha value is -1.49. The molecule has 0 radical (unpaired) electrons. The van der Waals surface area contributed by atoms with Crippen molar-refractivity contribution in [3.8, 4) is 5.69 Å². The van der Waals surface area contributed by atoms with Crippen LogP contribution in [0.1, 0.15) is 23.4 Å². The van der Waals surface area contributed by atoms with E-state index in [4.69, 9.17) is 11.6 Å². The smallest absolute Gasteiger partial charge is 0.216 e. The summed E-state index contributed by atoms with van der Waals surface area (Å²) in [4.78, 5) is 0. The number of aromatic nitrogens is 3. The molecule has 90 valence electrons. The Kier molecular flexibility index (Phi) is 3.11. The van der Waals surface area contributed by atoms with E-state index in [1.807, 2.05) is 13.8 Å². The SMILES string of the molecule is Cc1nnn(-c2ccc(C(F)F)cc2Cl)c1C. The molecule has 0 atom stereocenters. The fourth-order valence-electron chi connectivity index (χ4n) is 1.46. The first kappa shape index (κ1) is 12.0. The fourth-order valence-corrected chi connectivity index (χ4v) is 1.73. The molecule has 3 nitrogen and oxygen atoms in total. The topological polar surface area (TPSA) is 30.7 Å². The van der Waals surface area contributed by atoms with E-state index in [0.29, 0.717) is 5.69 Å². The number of rotatable bonds is 2. The first-order chi connectivity index (χ1) is 8.00. The van der Waals surface area contributed by atoms with Gasteiger partial charge in [0.15, 0.2) is 0 Å². The van der Waals surface area contributed by atoms with Crippen LogP contribution in [0.4, 0.5) is 8.78 Å². The lowest BCUT2D eigenvalue weighted by Gasteiger charge is -2.07. The summed E-state index contributed by atoms with van der Waals surface area (Å²) in [5, 5.41) is 8.05. The highest BCUT2D eigenvalue weighted by Gasteiger charge is 2.13. The lowest BCUT2D eigenvalue weighted by atomic mass is 10.2. The number of hydrogen-bond donors (Lipinski definition) is 0. The van der Waals surface area contributed by atoms with E-state index in [2.05, 4.69) is 10.3 Å². The molecule has 0 N–H and O–H groups in total. The van der Waals surface area contributed by atoms with Crippen LogP contribution in [0.5, 0.6) is 0 Å². The molecule has 1 heterocycles. The standard InChI is InChI=1S/C11H10ClF2N3/c1-6-7(2)17(16-15-6)10-4-3-8(11(13)14)5-9(10)12/h3-5,11H,1-2H3. The summed E-state index contributed by atoms with van der Waals surface area (Å²) in [5.41, 5.74) is 2.05. The quantitative estimate of drug-likeness (QED) is 0.825. The maximum absolute atomic E-state index is 12.5. The summed E-state index contributed by atoms with van der Waals surface area (Å²) >= 11 is 5.97. The lowest BCUT2D eigenvalue weighted by Crippen LogP contribution is -2.01.